The van der Waals surface area contributed by atoms with Gasteiger partial charge in [-0.3, -0.25) is 9.59 Å². The number of amides is 2. The maximum absolute atomic E-state index is 11.9. The number of nitrogens with one attached hydrogen (secondary N) is 2. The Labute approximate surface area is 152 Å². The summed E-state index contributed by atoms with van der Waals surface area (Å²) >= 11 is 0. The lowest BCUT2D eigenvalue weighted by atomic mass is 10.1. The summed E-state index contributed by atoms with van der Waals surface area (Å²) < 4.78 is 10.5. The molecule has 1 aromatic carbocycles. The Morgan fingerprint density at radius 1 is 1.24 bits per heavy atom. The normalized spacial score (nSPS) is 10.5. The Kier molecular flexibility index (Phi) is 7.47. The molecule has 0 fully saturated rings. The molecule has 136 valence electrons. The highest BCUT2D eigenvalue weighted by Crippen LogP contribution is 2.18. The quantitative estimate of drug-likeness (QED) is 0.695. The van der Waals surface area contributed by atoms with E-state index >= 15 is 0 Å². The Hall–Kier alpha value is -2.51. The number of hydrogen-bond donors (Lipinski definition) is 3. The summed E-state index contributed by atoms with van der Waals surface area (Å²) in [6, 6.07) is 9.96. The number of halogens is 1. The number of carbonyl (C=O) groups is 2. The number of rotatable bonds is 7. The van der Waals surface area contributed by atoms with Crippen LogP contribution in [0.4, 0.5) is 5.69 Å². The van der Waals surface area contributed by atoms with Gasteiger partial charge in [0.2, 0.25) is 0 Å². The Bertz CT molecular complexity index is 702. The first-order chi connectivity index (χ1) is 11.4. The highest BCUT2D eigenvalue weighted by molar-refractivity contribution is 6.02. The summed E-state index contributed by atoms with van der Waals surface area (Å²) in [5.74, 6) is 0.0488. The van der Waals surface area contributed by atoms with Gasteiger partial charge in [0, 0.05) is 23.8 Å². The fourth-order valence-electron chi connectivity index (χ4n) is 1.88. The van der Waals surface area contributed by atoms with E-state index in [0.29, 0.717) is 18.0 Å². The van der Waals surface area contributed by atoms with Gasteiger partial charge in [-0.05, 0) is 38.1 Å². The van der Waals surface area contributed by atoms with Gasteiger partial charge in [-0.15, -0.1) is 12.4 Å². The van der Waals surface area contributed by atoms with E-state index < -0.39 is 5.54 Å². The van der Waals surface area contributed by atoms with E-state index in [1.54, 1.807) is 36.4 Å². The van der Waals surface area contributed by atoms with Gasteiger partial charge < -0.3 is 25.5 Å². The molecule has 0 radical (unpaired) electrons. The number of hydrogen-bond acceptors (Lipinski definition) is 5. The van der Waals surface area contributed by atoms with E-state index in [1.165, 1.54) is 6.26 Å². The van der Waals surface area contributed by atoms with Gasteiger partial charge in [-0.25, -0.2) is 0 Å². The predicted octanol–water partition coefficient (Wildman–Crippen LogP) is 2.19. The van der Waals surface area contributed by atoms with Crippen LogP contribution in [-0.2, 0) is 4.79 Å². The van der Waals surface area contributed by atoms with Gasteiger partial charge in [-0.2, -0.15) is 0 Å². The van der Waals surface area contributed by atoms with Crippen molar-refractivity contribution in [3.63, 3.8) is 0 Å². The third-order valence-corrected chi connectivity index (χ3v) is 3.19. The smallest absolute Gasteiger partial charge is 0.291 e. The topological polar surface area (TPSA) is 107 Å². The zero-order valence-corrected chi connectivity index (χ0v) is 14.9. The van der Waals surface area contributed by atoms with Crippen LogP contribution in [0.25, 0.3) is 0 Å². The van der Waals surface area contributed by atoms with Gasteiger partial charge in [0.1, 0.15) is 5.75 Å². The number of anilines is 1. The minimum atomic E-state index is -0.487. The van der Waals surface area contributed by atoms with Crippen molar-refractivity contribution in [2.45, 2.75) is 19.4 Å². The number of nitrogens with two attached hydrogens (primary N) is 1. The molecule has 25 heavy (non-hydrogen) atoms. The lowest BCUT2D eigenvalue weighted by molar-refractivity contribution is -0.124. The molecule has 0 saturated heterocycles. The second-order valence-electron chi connectivity index (χ2n) is 5.88. The lowest BCUT2D eigenvalue weighted by Gasteiger charge is -2.24. The number of furan rings is 1. The first-order valence-corrected chi connectivity index (χ1v) is 7.48. The van der Waals surface area contributed by atoms with Crippen LogP contribution in [0.3, 0.4) is 0 Å². The van der Waals surface area contributed by atoms with Crippen molar-refractivity contribution in [2.24, 2.45) is 5.73 Å². The minimum absolute atomic E-state index is 0. The molecule has 1 aromatic heterocycles. The van der Waals surface area contributed by atoms with Crippen LogP contribution >= 0.6 is 12.4 Å². The van der Waals surface area contributed by atoms with Crippen molar-refractivity contribution < 1.29 is 18.7 Å². The second-order valence-corrected chi connectivity index (χ2v) is 5.88. The third kappa shape index (κ3) is 6.48. The average Bonchev–Trinajstić information content (AvgIpc) is 3.07. The van der Waals surface area contributed by atoms with E-state index in [2.05, 4.69) is 10.6 Å². The van der Waals surface area contributed by atoms with Crippen molar-refractivity contribution >= 4 is 29.9 Å². The van der Waals surface area contributed by atoms with Crippen molar-refractivity contribution in [1.82, 2.24) is 5.32 Å². The molecular formula is C17H22ClN3O4. The molecule has 0 unspecified atom stereocenters. The largest absolute Gasteiger partial charge is 0.484 e. The molecule has 0 aliphatic heterocycles. The molecule has 2 rings (SSSR count). The van der Waals surface area contributed by atoms with Crippen molar-refractivity contribution in [3.8, 4) is 5.75 Å². The molecule has 1 heterocycles. The third-order valence-electron chi connectivity index (χ3n) is 3.19. The van der Waals surface area contributed by atoms with E-state index in [0.717, 1.165) is 0 Å². The van der Waals surface area contributed by atoms with Crippen LogP contribution in [0, 0.1) is 0 Å². The zero-order valence-electron chi connectivity index (χ0n) is 14.1. The summed E-state index contributed by atoms with van der Waals surface area (Å²) in [5.41, 5.74) is 5.62. The molecule has 0 bridgehead atoms. The molecule has 0 aliphatic rings. The SMILES string of the molecule is CC(C)(CN)NC(=O)COc1cccc(NC(=O)c2ccco2)c1.Cl. The Balaban J connectivity index is 0.00000312. The first-order valence-electron chi connectivity index (χ1n) is 7.48. The lowest BCUT2D eigenvalue weighted by Crippen LogP contribution is -2.50. The van der Waals surface area contributed by atoms with E-state index in [4.69, 9.17) is 14.9 Å². The molecule has 2 amide bonds. The number of carbonyl (C=O) groups excluding carboxylic acids is 2. The van der Waals surface area contributed by atoms with Crippen LogP contribution in [-0.4, -0.2) is 30.5 Å². The second kappa shape index (κ2) is 9.10. The molecule has 0 aliphatic carbocycles. The average molecular weight is 368 g/mol. The summed E-state index contributed by atoms with van der Waals surface area (Å²) in [6.07, 6.45) is 1.43. The summed E-state index contributed by atoms with van der Waals surface area (Å²) in [6.45, 7) is 3.84. The first kappa shape index (κ1) is 20.5. The van der Waals surface area contributed by atoms with Crippen LogP contribution in [0.1, 0.15) is 24.4 Å². The van der Waals surface area contributed by atoms with Gasteiger partial charge >= 0.3 is 0 Å². The maximum atomic E-state index is 11.9. The van der Waals surface area contributed by atoms with E-state index in [-0.39, 0.29) is 36.6 Å². The summed E-state index contributed by atoms with van der Waals surface area (Å²) in [5, 5.41) is 5.46. The molecule has 0 spiro atoms. The number of benzene rings is 1. The predicted molar refractivity (Wildman–Crippen MR) is 97.1 cm³/mol. The Morgan fingerprint density at radius 3 is 2.64 bits per heavy atom. The molecule has 0 atom stereocenters. The minimum Gasteiger partial charge on any atom is -0.484 e. The molecule has 4 N–H and O–H groups in total. The van der Waals surface area contributed by atoms with Gasteiger partial charge in [0.05, 0.1) is 6.26 Å². The fraction of sp³-hybridized carbons (Fsp3) is 0.294. The van der Waals surface area contributed by atoms with Gasteiger partial charge in [0.15, 0.2) is 12.4 Å². The molecule has 2 aromatic rings. The van der Waals surface area contributed by atoms with E-state index in [9.17, 15) is 9.59 Å². The standard InChI is InChI=1S/C17H21N3O4.ClH/c1-17(2,11-18)20-15(21)10-24-13-6-3-5-12(9-13)19-16(22)14-7-4-8-23-14;/h3-9H,10-11,18H2,1-2H3,(H,19,22)(H,20,21);1H. The molecule has 0 saturated carbocycles. The number of ether oxygens (including phenoxy) is 1. The zero-order chi connectivity index (χ0) is 17.6. The monoisotopic (exact) mass is 367 g/mol. The highest BCUT2D eigenvalue weighted by Gasteiger charge is 2.18. The van der Waals surface area contributed by atoms with Crippen LogP contribution in [0.5, 0.6) is 5.75 Å². The summed E-state index contributed by atoms with van der Waals surface area (Å²) in [7, 11) is 0. The summed E-state index contributed by atoms with van der Waals surface area (Å²) in [4.78, 5) is 23.8. The van der Waals surface area contributed by atoms with Gasteiger partial charge in [-0.1, -0.05) is 6.07 Å². The van der Waals surface area contributed by atoms with E-state index in [1.807, 2.05) is 13.8 Å². The molecule has 8 heteroatoms. The van der Waals surface area contributed by atoms with Crippen LogP contribution in [0.2, 0.25) is 0 Å². The maximum Gasteiger partial charge on any atom is 0.291 e. The van der Waals surface area contributed by atoms with Crippen molar-refractivity contribution in [2.75, 3.05) is 18.5 Å². The molecular weight excluding hydrogens is 346 g/mol. The van der Waals surface area contributed by atoms with Crippen LogP contribution < -0.4 is 21.1 Å². The van der Waals surface area contributed by atoms with Crippen molar-refractivity contribution in [3.05, 3.63) is 48.4 Å². The van der Waals surface area contributed by atoms with Crippen molar-refractivity contribution in [1.29, 1.82) is 0 Å². The van der Waals surface area contributed by atoms with Gasteiger partial charge in [0.25, 0.3) is 11.8 Å². The van der Waals surface area contributed by atoms with Crippen LogP contribution in [0.15, 0.2) is 47.1 Å². The fourth-order valence-corrected chi connectivity index (χ4v) is 1.88. The Morgan fingerprint density at radius 2 is 2.00 bits per heavy atom. The molecule has 7 nitrogen and oxygen atoms in total. The highest BCUT2D eigenvalue weighted by atomic mass is 35.5.